The molecule has 0 fully saturated rings. The van der Waals surface area contributed by atoms with Crippen LogP contribution in [0.4, 0.5) is 0 Å². The molecule has 190 valence electrons. The Hall–Kier alpha value is -2.73. The molecule has 0 aromatic rings. The number of carboxylic acids is 1. The van der Waals surface area contributed by atoms with Crippen molar-refractivity contribution in [2.75, 3.05) is 6.54 Å². The summed E-state index contributed by atoms with van der Waals surface area (Å²) in [5, 5.41) is 16.7. The zero-order valence-corrected chi connectivity index (χ0v) is 19.9. The molecule has 0 aliphatic rings. The summed E-state index contributed by atoms with van der Waals surface area (Å²) in [4.78, 5) is 60.5. The van der Waals surface area contributed by atoms with Crippen LogP contribution in [-0.2, 0) is 24.0 Å². The molecule has 10 N–H and O–H groups in total. The molecule has 0 saturated heterocycles. The maximum Gasteiger partial charge on any atom is 0.326 e. The molecule has 0 radical (unpaired) electrons. The van der Waals surface area contributed by atoms with Crippen LogP contribution < -0.4 is 33.2 Å². The van der Waals surface area contributed by atoms with Crippen molar-refractivity contribution in [2.45, 2.75) is 84.0 Å². The Balaban J connectivity index is 5.36. The molecule has 33 heavy (non-hydrogen) atoms. The van der Waals surface area contributed by atoms with E-state index < -0.39 is 66.1 Å². The lowest BCUT2D eigenvalue weighted by Gasteiger charge is -2.27. The maximum absolute atomic E-state index is 13.0. The molecule has 0 heterocycles. The van der Waals surface area contributed by atoms with E-state index in [0.717, 1.165) is 6.42 Å². The summed E-state index contributed by atoms with van der Waals surface area (Å²) < 4.78 is 0. The summed E-state index contributed by atoms with van der Waals surface area (Å²) in [6.07, 6.45) is 1.55. The summed E-state index contributed by atoms with van der Waals surface area (Å²) in [5.41, 5.74) is 16.4. The molecule has 4 atom stereocenters. The van der Waals surface area contributed by atoms with Crippen LogP contribution in [0.15, 0.2) is 0 Å². The lowest BCUT2D eigenvalue weighted by atomic mass is 9.99. The molecule has 0 bridgehead atoms. The second-order valence-electron chi connectivity index (χ2n) is 8.88. The van der Waals surface area contributed by atoms with Crippen molar-refractivity contribution in [1.29, 1.82) is 0 Å². The van der Waals surface area contributed by atoms with E-state index in [1.165, 1.54) is 0 Å². The molecule has 0 rings (SSSR count). The van der Waals surface area contributed by atoms with Crippen molar-refractivity contribution in [3.63, 3.8) is 0 Å². The molecular weight excluding hydrogens is 432 g/mol. The van der Waals surface area contributed by atoms with E-state index >= 15 is 0 Å². The van der Waals surface area contributed by atoms with Gasteiger partial charge in [0.15, 0.2) is 0 Å². The zero-order chi connectivity index (χ0) is 25.7. The van der Waals surface area contributed by atoms with Crippen LogP contribution in [0.25, 0.3) is 0 Å². The zero-order valence-electron chi connectivity index (χ0n) is 19.9. The lowest BCUT2D eigenvalue weighted by Crippen LogP contribution is -2.58. The number of carbonyl (C=O) groups excluding carboxylic acids is 4. The highest BCUT2D eigenvalue weighted by molar-refractivity contribution is 5.95. The molecule has 0 saturated carbocycles. The topological polar surface area (TPSA) is 220 Å². The van der Waals surface area contributed by atoms with E-state index in [9.17, 15) is 29.1 Å². The summed E-state index contributed by atoms with van der Waals surface area (Å²) in [6, 6.07) is -4.36. The van der Waals surface area contributed by atoms with Crippen molar-refractivity contribution >= 4 is 29.6 Å². The Morgan fingerprint density at radius 1 is 0.848 bits per heavy atom. The van der Waals surface area contributed by atoms with E-state index in [0.29, 0.717) is 25.8 Å². The number of unbranched alkanes of at least 4 members (excludes halogenated alkanes) is 1. The highest BCUT2D eigenvalue weighted by atomic mass is 16.4. The molecule has 4 amide bonds. The van der Waals surface area contributed by atoms with Gasteiger partial charge < -0.3 is 38.3 Å². The third-order valence-corrected chi connectivity index (χ3v) is 4.91. The molecule has 12 nitrogen and oxygen atoms in total. The lowest BCUT2D eigenvalue weighted by molar-refractivity contribution is -0.144. The van der Waals surface area contributed by atoms with Crippen LogP contribution in [0.1, 0.15) is 59.8 Å². The molecule has 0 spiro atoms. The van der Waals surface area contributed by atoms with Gasteiger partial charge in [0.1, 0.15) is 18.1 Å². The van der Waals surface area contributed by atoms with Crippen molar-refractivity contribution in [3.8, 4) is 0 Å². The van der Waals surface area contributed by atoms with E-state index in [1.807, 2.05) is 13.8 Å². The fraction of sp³-hybridized carbons (Fsp3) is 0.762. The summed E-state index contributed by atoms with van der Waals surface area (Å²) >= 11 is 0. The Kier molecular flexibility index (Phi) is 13.9. The van der Waals surface area contributed by atoms with Crippen LogP contribution >= 0.6 is 0 Å². The minimum Gasteiger partial charge on any atom is -0.480 e. The van der Waals surface area contributed by atoms with Gasteiger partial charge >= 0.3 is 5.97 Å². The first-order valence-electron chi connectivity index (χ1n) is 11.2. The summed E-state index contributed by atoms with van der Waals surface area (Å²) in [7, 11) is 0. The smallest absolute Gasteiger partial charge is 0.326 e. The Bertz CT molecular complexity index is 684. The highest BCUT2D eigenvalue weighted by Gasteiger charge is 2.32. The van der Waals surface area contributed by atoms with E-state index in [4.69, 9.17) is 17.2 Å². The number of nitrogens with one attached hydrogen (secondary N) is 3. The van der Waals surface area contributed by atoms with Gasteiger partial charge in [-0.1, -0.05) is 34.1 Å². The van der Waals surface area contributed by atoms with Gasteiger partial charge in [0.2, 0.25) is 23.6 Å². The van der Waals surface area contributed by atoms with Crippen molar-refractivity contribution < 1.29 is 29.1 Å². The van der Waals surface area contributed by atoms with E-state index in [2.05, 4.69) is 16.0 Å². The first-order valence-corrected chi connectivity index (χ1v) is 11.2. The molecule has 0 aromatic carbocycles. The minimum absolute atomic E-state index is 0.0489. The van der Waals surface area contributed by atoms with E-state index in [-0.39, 0.29) is 5.92 Å². The number of primary amides is 1. The average Bonchev–Trinajstić information content (AvgIpc) is 2.69. The monoisotopic (exact) mass is 472 g/mol. The van der Waals surface area contributed by atoms with Crippen molar-refractivity contribution in [2.24, 2.45) is 29.0 Å². The summed E-state index contributed by atoms with van der Waals surface area (Å²) in [5.74, 6) is -4.54. The quantitative estimate of drug-likeness (QED) is 0.131. The Morgan fingerprint density at radius 2 is 1.42 bits per heavy atom. The normalized spacial score (nSPS) is 14.8. The number of hydrogen-bond acceptors (Lipinski definition) is 7. The van der Waals surface area contributed by atoms with Crippen LogP contribution in [-0.4, -0.2) is 65.4 Å². The van der Waals surface area contributed by atoms with Crippen molar-refractivity contribution in [1.82, 2.24) is 16.0 Å². The third kappa shape index (κ3) is 12.2. The fourth-order valence-electron chi connectivity index (χ4n) is 3.07. The van der Waals surface area contributed by atoms with Crippen LogP contribution in [0.2, 0.25) is 0 Å². The Morgan fingerprint density at radius 3 is 1.88 bits per heavy atom. The predicted octanol–water partition coefficient (Wildman–Crippen LogP) is -1.44. The van der Waals surface area contributed by atoms with Crippen LogP contribution in [0.5, 0.6) is 0 Å². The van der Waals surface area contributed by atoms with Gasteiger partial charge in [-0.15, -0.1) is 0 Å². The number of aliphatic carboxylic acids is 1. The van der Waals surface area contributed by atoms with Gasteiger partial charge in [0.05, 0.1) is 12.5 Å². The number of carboxylic acid groups (broad SMARTS) is 1. The number of amides is 4. The first-order chi connectivity index (χ1) is 15.3. The maximum atomic E-state index is 13.0. The van der Waals surface area contributed by atoms with Gasteiger partial charge in [-0.25, -0.2) is 4.79 Å². The van der Waals surface area contributed by atoms with Gasteiger partial charge in [-0.3, -0.25) is 19.2 Å². The Labute approximate surface area is 194 Å². The van der Waals surface area contributed by atoms with Gasteiger partial charge in [0, 0.05) is 0 Å². The number of rotatable bonds is 16. The highest BCUT2D eigenvalue weighted by Crippen LogP contribution is 2.09. The van der Waals surface area contributed by atoms with Crippen LogP contribution in [0.3, 0.4) is 0 Å². The molecule has 0 aliphatic heterocycles. The third-order valence-electron chi connectivity index (χ3n) is 4.91. The SMILES string of the molecule is CC(C)CC(NC(=O)C(N)CCCCN)C(=O)NC(C(=O)NC(CC(N)=O)C(=O)O)C(C)C. The molecule has 0 aliphatic carbocycles. The van der Waals surface area contributed by atoms with Gasteiger partial charge in [-0.05, 0) is 37.6 Å². The fourth-order valence-corrected chi connectivity index (χ4v) is 3.07. The molecular formula is C21H40N6O6. The minimum atomic E-state index is -1.52. The van der Waals surface area contributed by atoms with Crippen LogP contribution in [0, 0.1) is 11.8 Å². The number of nitrogens with two attached hydrogens (primary N) is 3. The first kappa shape index (κ1) is 30.3. The number of carbonyl (C=O) groups is 5. The molecule has 4 unspecified atom stereocenters. The van der Waals surface area contributed by atoms with Gasteiger partial charge in [0.25, 0.3) is 0 Å². The second kappa shape index (κ2) is 15.2. The number of hydrogen-bond donors (Lipinski definition) is 7. The second-order valence-corrected chi connectivity index (χ2v) is 8.88. The average molecular weight is 473 g/mol. The largest absolute Gasteiger partial charge is 0.480 e. The van der Waals surface area contributed by atoms with Crippen molar-refractivity contribution in [3.05, 3.63) is 0 Å². The molecule has 0 aromatic heterocycles. The predicted molar refractivity (Wildman–Crippen MR) is 122 cm³/mol. The van der Waals surface area contributed by atoms with E-state index in [1.54, 1.807) is 13.8 Å². The molecule has 12 heteroatoms. The standard InChI is InChI=1S/C21H40N6O6/c1-11(2)9-14(25-18(29)13(23)7-5-6-8-22)19(30)27-17(12(3)4)20(31)26-15(21(32)33)10-16(24)28/h11-15,17H,5-10,22-23H2,1-4H3,(H2,24,28)(H,25,29)(H,26,31)(H,27,30)(H,32,33). The van der Waals surface area contributed by atoms with Gasteiger partial charge in [-0.2, -0.15) is 0 Å². The summed E-state index contributed by atoms with van der Waals surface area (Å²) in [6.45, 7) is 7.58.